The highest BCUT2D eigenvalue weighted by molar-refractivity contribution is 5.96. The molecule has 2 heteroatoms. The van der Waals surface area contributed by atoms with Gasteiger partial charge in [-0.05, 0) is 34.4 Å². The van der Waals surface area contributed by atoms with Crippen molar-refractivity contribution in [1.82, 2.24) is 4.90 Å². The Hall–Kier alpha value is -2.09. The maximum Gasteiger partial charge on any atom is 0.253 e. The molecule has 1 amide bonds. The molecule has 1 atom stereocenters. The number of hydrogen-bond acceptors (Lipinski definition) is 1. The molecule has 3 rings (SSSR count). The van der Waals surface area contributed by atoms with Crippen molar-refractivity contribution < 1.29 is 4.79 Å². The molecule has 0 bridgehead atoms. The Balaban J connectivity index is 2.16. The van der Waals surface area contributed by atoms with Crippen molar-refractivity contribution in [1.29, 1.82) is 0 Å². The molecule has 0 saturated heterocycles. The third-order valence-electron chi connectivity index (χ3n) is 3.89. The minimum absolute atomic E-state index is 0.0554. The largest absolute Gasteiger partial charge is 0.345 e. The summed E-state index contributed by atoms with van der Waals surface area (Å²) < 4.78 is 0. The molecule has 0 aliphatic heterocycles. The zero-order valence-corrected chi connectivity index (χ0v) is 11.5. The molecule has 1 aliphatic rings. The highest BCUT2D eigenvalue weighted by atomic mass is 16.2. The van der Waals surface area contributed by atoms with Crippen molar-refractivity contribution in [2.24, 2.45) is 0 Å². The van der Waals surface area contributed by atoms with E-state index in [1.807, 2.05) is 12.1 Å². The maximum atomic E-state index is 12.1. The molecule has 2 aromatic carbocycles. The summed E-state index contributed by atoms with van der Waals surface area (Å²) >= 11 is 0. The first-order chi connectivity index (χ1) is 9.09. The van der Waals surface area contributed by atoms with Crippen LogP contribution in [-0.2, 0) is 0 Å². The van der Waals surface area contributed by atoms with Crippen LogP contribution in [0.25, 0.3) is 11.1 Å². The second kappa shape index (κ2) is 4.23. The van der Waals surface area contributed by atoms with Gasteiger partial charge in [0.2, 0.25) is 0 Å². The topological polar surface area (TPSA) is 20.3 Å². The Labute approximate surface area is 113 Å². The van der Waals surface area contributed by atoms with E-state index in [1.165, 1.54) is 22.3 Å². The number of rotatable bonds is 1. The number of fused-ring (bicyclic) bond motifs is 3. The molecule has 0 heterocycles. The number of carbonyl (C=O) groups is 1. The molecular formula is C17H17NO. The number of carbonyl (C=O) groups excluding carboxylic acids is 1. The molecule has 0 radical (unpaired) electrons. The fraction of sp³-hybridized carbons (Fsp3) is 0.235. The van der Waals surface area contributed by atoms with E-state index in [1.54, 1.807) is 19.0 Å². The van der Waals surface area contributed by atoms with E-state index in [9.17, 15) is 4.79 Å². The average Bonchev–Trinajstić information content (AvgIpc) is 2.72. The van der Waals surface area contributed by atoms with Gasteiger partial charge in [0.15, 0.2) is 0 Å². The smallest absolute Gasteiger partial charge is 0.253 e. The van der Waals surface area contributed by atoms with Crippen LogP contribution in [0.5, 0.6) is 0 Å². The first kappa shape index (κ1) is 12.0. The first-order valence-corrected chi connectivity index (χ1v) is 6.54. The molecule has 2 aromatic rings. The Morgan fingerprint density at radius 2 is 1.68 bits per heavy atom. The van der Waals surface area contributed by atoms with Gasteiger partial charge in [0.25, 0.3) is 5.91 Å². The van der Waals surface area contributed by atoms with Crippen molar-refractivity contribution in [3.8, 4) is 11.1 Å². The van der Waals surface area contributed by atoms with Gasteiger partial charge in [-0.2, -0.15) is 0 Å². The van der Waals surface area contributed by atoms with Crippen LogP contribution in [0.3, 0.4) is 0 Å². The molecule has 0 aromatic heterocycles. The second-order valence-corrected chi connectivity index (χ2v) is 5.31. The Bertz CT molecular complexity index is 658. The van der Waals surface area contributed by atoms with Crippen LogP contribution >= 0.6 is 0 Å². The van der Waals surface area contributed by atoms with E-state index in [2.05, 4.69) is 37.3 Å². The summed E-state index contributed by atoms with van der Waals surface area (Å²) in [5.74, 6) is 0.467. The third kappa shape index (κ3) is 1.75. The van der Waals surface area contributed by atoms with E-state index < -0.39 is 0 Å². The molecule has 0 fully saturated rings. The van der Waals surface area contributed by atoms with Gasteiger partial charge in [0.05, 0.1) is 0 Å². The minimum atomic E-state index is 0.0554. The van der Waals surface area contributed by atoms with Gasteiger partial charge in [-0.15, -0.1) is 0 Å². The van der Waals surface area contributed by atoms with Crippen LogP contribution in [0.4, 0.5) is 0 Å². The van der Waals surface area contributed by atoms with E-state index >= 15 is 0 Å². The Morgan fingerprint density at radius 1 is 1.00 bits per heavy atom. The number of amides is 1. The molecule has 0 N–H and O–H groups in total. The van der Waals surface area contributed by atoms with Crippen LogP contribution in [0.15, 0.2) is 42.5 Å². The lowest BCUT2D eigenvalue weighted by atomic mass is 9.98. The van der Waals surface area contributed by atoms with Crippen LogP contribution in [-0.4, -0.2) is 24.9 Å². The van der Waals surface area contributed by atoms with Gasteiger partial charge in [-0.3, -0.25) is 4.79 Å². The highest BCUT2D eigenvalue weighted by Gasteiger charge is 2.25. The molecule has 2 nitrogen and oxygen atoms in total. The average molecular weight is 251 g/mol. The number of hydrogen-bond donors (Lipinski definition) is 0. The van der Waals surface area contributed by atoms with Crippen molar-refractivity contribution in [3.05, 3.63) is 59.2 Å². The number of nitrogens with zero attached hydrogens (tertiary/aromatic N) is 1. The molecule has 0 spiro atoms. The molecule has 0 saturated carbocycles. The molecular weight excluding hydrogens is 234 g/mol. The van der Waals surface area contributed by atoms with E-state index in [0.29, 0.717) is 5.92 Å². The summed E-state index contributed by atoms with van der Waals surface area (Å²) in [6.45, 7) is 2.22. The Kier molecular flexibility index (Phi) is 2.67. The van der Waals surface area contributed by atoms with Crippen molar-refractivity contribution in [2.75, 3.05) is 14.1 Å². The molecule has 96 valence electrons. The van der Waals surface area contributed by atoms with E-state index in [-0.39, 0.29) is 5.91 Å². The first-order valence-electron chi connectivity index (χ1n) is 6.54. The van der Waals surface area contributed by atoms with Crippen LogP contribution in [0, 0.1) is 0 Å². The lowest BCUT2D eigenvalue weighted by Gasteiger charge is -2.12. The zero-order valence-electron chi connectivity index (χ0n) is 11.5. The summed E-state index contributed by atoms with van der Waals surface area (Å²) in [5.41, 5.74) is 5.89. The quantitative estimate of drug-likeness (QED) is 0.759. The van der Waals surface area contributed by atoms with Gasteiger partial charge in [-0.25, -0.2) is 0 Å². The molecule has 0 unspecified atom stereocenters. The summed E-state index contributed by atoms with van der Waals surface area (Å²) in [7, 11) is 3.57. The summed E-state index contributed by atoms with van der Waals surface area (Å²) in [6, 6.07) is 14.5. The van der Waals surface area contributed by atoms with Crippen molar-refractivity contribution in [3.63, 3.8) is 0 Å². The van der Waals surface area contributed by atoms with Gasteiger partial charge in [-0.1, -0.05) is 37.3 Å². The highest BCUT2D eigenvalue weighted by Crippen LogP contribution is 2.44. The van der Waals surface area contributed by atoms with Crippen LogP contribution in [0.1, 0.15) is 34.3 Å². The van der Waals surface area contributed by atoms with E-state index in [0.717, 1.165) is 5.56 Å². The fourth-order valence-electron chi connectivity index (χ4n) is 2.85. The summed E-state index contributed by atoms with van der Waals surface area (Å²) in [6.07, 6.45) is 0. The van der Waals surface area contributed by atoms with E-state index in [4.69, 9.17) is 0 Å². The predicted molar refractivity (Wildman–Crippen MR) is 77.4 cm³/mol. The fourth-order valence-corrected chi connectivity index (χ4v) is 2.85. The minimum Gasteiger partial charge on any atom is -0.345 e. The number of benzene rings is 2. The second-order valence-electron chi connectivity index (χ2n) is 5.31. The maximum absolute atomic E-state index is 12.1. The zero-order chi connectivity index (χ0) is 13.6. The van der Waals surface area contributed by atoms with Crippen molar-refractivity contribution >= 4 is 5.91 Å². The SMILES string of the molecule is C[C@H]1c2ccccc2-c2cc(C(=O)N(C)C)ccc21. The third-order valence-corrected chi connectivity index (χ3v) is 3.89. The lowest BCUT2D eigenvalue weighted by molar-refractivity contribution is 0.0827. The van der Waals surface area contributed by atoms with Crippen LogP contribution in [0.2, 0.25) is 0 Å². The van der Waals surface area contributed by atoms with Gasteiger partial charge in [0.1, 0.15) is 0 Å². The lowest BCUT2D eigenvalue weighted by Crippen LogP contribution is -2.21. The van der Waals surface area contributed by atoms with Gasteiger partial charge < -0.3 is 4.90 Å². The summed E-state index contributed by atoms with van der Waals surface area (Å²) in [4.78, 5) is 13.7. The normalized spacial score (nSPS) is 15.8. The predicted octanol–water partition coefficient (Wildman–Crippen LogP) is 3.52. The van der Waals surface area contributed by atoms with Crippen LogP contribution < -0.4 is 0 Å². The molecule has 19 heavy (non-hydrogen) atoms. The summed E-state index contributed by atoms with van der Waals surface area (Å²) in [5, 5.41) is 0. The standard InChI is InChI=1S/C17H17NO/c1-11-13-6-4-5-7-15(13)16-10-12(8-9-14(11)16)17(19)18(2)3/h4-11H,1-3H3/t11-/m0/s1. The molecule has 1 aliphatic carbocycles. The Morgan fingerprint density at radius 3 is 2.42 bits per heavy atom. The van der Waals surface area contributed by atoms with Gasteiger partial charge >= 0.3 is 0 Å². The monoisotopic (exact) mass is 251 g/mol. The van der Waals surface area contributed by atoms with Gasteiger partial charge in [0, 0.05) is 25.6 Å². The van der Waals surface area contributed by atoms with Crippen molar-refractivity contribution in [2.45, 2.75) is 12.8 Å².